The molecular weight excluding hydrogens is 276 g/mol. The highest BCUT2D eigenvalue weighted by Gasteiger charge is 2.20. The normalized spacial score (nSPS) is 14.3. The first kappa shape index (κ1) is 16.7. The molecule has 1 aromatic carbocycles. The fourth-order valence-corrected chi connectivity index (χ4v) is 2.62. The fraction of sp³-hybridized carbons (Fsp3) is 0.471. The maximum atomic E-state index is 10.3. The van der Waals surface area contributed by atoms with E-state index < -0.39 is 5.60 Å². The van der Waals surface area contributed by atoms with E-state index in [1.165, 1.54) is 5.56 Å². The second-order valence-corrected chi connectivity index (χ2v) is 6.47. The molecule has 1 unspecified atom stereocenters. The van der Waals surface area contributed by atoms with E-state index in [2.05, 4.69) is 46.7 Å². The van der Waals surface area contributed by atoms with Crippen LogP contribution in [0.5, 0.6) is 0 Å². The van der Waals surface area contributed by atoms with Crippen molar-refractivity contribution in [1.82, 2.24) is 20.4 Å². The number of H-pyrrole nitrogens is 1. The van der Waals surface area contributed by atoms with Gasteiger partial charge in [-0.3, -0.25) is 5.10 Å². The Balaban J connectivity index is 1.97. The molecule has 120 valence electrons. The Hall–Kier alpha value is -1.69. The smallest absolute Gasteiger partial charge is 0.0869 e. The van der Waals surface area contributed by atoms with E-state index in [1.807, 2.05) is 32.1 Å². The predicted octanol–water partition coefficient (Wildman–Crippen LogP) is 1.79. The van der Waals surface area contributed by atoms with Crippen LogP contribution in [0.3, 0.4) is 0 Å². The van der Waals surface area contributed by atoms with E-state index in [-0.39, 0.29) is 0 Å². The summed E-state index contributed by atoms with van der Waals surface area (Å²) in [6, 6.07) is 8.37. The molecule has 2 aromatic rings. The van der Waals surface area contributed by atoms with Crippen LogP contribution in [0.1, 0.15) is 18.1 Å². The van der Waals surface area contributed by atoms with Crippen molar-refractivity contribution in [2.75, 3.05) is 27.2 Å². The van der Waals surface area contributed by atoms with Crippen LogP contribution in [0.25, 0.3) is 11.3 Å². The van der Waals surface area contributed by atoms with Crippen molar-refractivity contribution < 1.29 is 5.11 Å². The first-order valence-electron chi connectivity index (χ1n) is 7.54. The van der Waals surface area contributed by atoms with Crippen LogP contribution in [0.15, 0.2) is 30.5 Å². The Labute approximate surface area is 132 Å². The quantitative estimate of drug-likeness (QED) is 0.729. The number of nitrogens with zero attached hydrogens (tertiary/aromatic N) is 2. The molecular formula is C17H26N4O. The van der Waals surface area contributed by atoms with Crippen LogP contribution in [-0.2, 0) is 6.54 Å². The van der Waals surface area contributed by atoms with Crippen molar-refractivity contribution in [3.8, 4) is 11.3 Å². The number of aromatic amines is 1. The Bertz CT molecular complexity index is 587. The molecule has 0 amide bonds. The van der Waals surface area contributed by atoms with E-state index in [9.17, 15) is 5.11 Å². The van der Waals surface area contributed by atoms with Gasteiger partial charge < -0.3 is 15.3 Å². The summed E-state index contributed by atoms with van der Waals surface area (Å²) in [5.74, 6) is 0. The molecule has 1 atom stereocenters. The van der Waals surface area contributed by atoms with Gasteiger partial charge >= 0.3 is 0 Å². The highest BCUT2D eigenvalue weighted by atomic mass is 16.3. The van der Waals surface area contributed by atoms with Crippen molar-refractivity contribution in [2.45, 2.75) is 26.0 Å². The van der Waals surface area contributed by atoms with Crippen molar-refractivity contribution in [3.05, 3.63) is 41.6 Å². The number of benzene rings is 1. The lowest BCUT2D eigenvalue weighted by Gasteiger charge is -2.27. The van der Waals surface area contributed by atoms with Gasteiger partial charge in [-0.25, -0.2) is 0 Å². The van der Waals surface area contributed by atoms with Crippen molar-refractivity contribution in [1.29, 1.82) is 0 Å². The molecule has 22 heavy (non-hydrogen) atoms. The molecule has 2 rings (SSSR count). The van der Waals surface area contributed by atoms with Crippen LogP contribution < -0.4 is 5.32 Å². The first-order chi connectivity index (χ1) is 10.4. The van der Waals surface area contributed by atoms with Crippen LogP contribution in [0, 0.1) is 6.92 Å². The van der Waals surface area contributed by atoms with Crippen molar-refractivity contribution >= 4 is 0 Å². The van der Waals surface area contributed by atoms with Crippen LogP contribution >= 0.6 is 0 Å². The topological polar surface area (TPSA) is 64.2 Å². The fourth-order valence-electron chi connectivity index (χ4n) is 2.62. The Morgan fingerprint density at radius 1 is 1.27 bits per heavy atom. The molecule has 0 bridgehead atoms. The van der Waals surface area contributed by atoms with Gasteiger partial charge in [0.05, 0.1) is 17.5 Å². The van der Waals surface area contributed by atoms with E-state index in [0.717, 1.165) is 16.8 Å². The molecule has 5 nitrogen and oxygen atoms in total. The molecule has 0 aliphatic carbocycles. The van der Waals surface area contributed by atoms with Crippen LogP contribution in [-0.4, -0.2) is 53.0 Å². The Morgan fingerprint density at radius 2 is 1.95 bits per heavy atom. The van der Waals surface area contributed by atoms with E-state index >= 15 is 0 Å². The van der Waals surface area contributed by atoms with Gasteiger partial charge in [0.25, 0.3) is 0 Å². The van der Waals surface area contributed by atoms with E-state index in [1.54, 1.807) is 0 Å². The number of hydrogen-bond acceptors (Lipinski definition) is 4. The minimum absolute atomic E-state index is 0.531. The van der Waals surface area contributed by atoms with E-state index in [0.29, 0.717) is 19.6 Å². The molecule has 0 saturated heterocycles. The zero-order chi connectivity index (χ0) is 16.2. The molecule has 0 spiro atoms. The molecule has 0 aliphatic heterocycles. The molecule has 1 aromatic heterocycles. The third-order valence-electron chi connectivity index (χ3n) is 3.54. The SMILES string of the molecule is Cc1ccc(-c2[nH]ncc2CNCC(C)(O)CN(C)C)cc1. The monoisotopic (exact) mass is 302 g/mol. The summed E-state index contributed by atoms with van der Waals surface area (Å²) in [5, 5.41) is 20.8. The predicted molar refractivity (Wildman–Crippen MR) is 89.6 cm³/mol. The highest BCUT2D eigenvalue weighted by molar-refractivity contribution is 5.62. The summed E-state index contributed by atoms with van der Waals surface area (Å²) in [6.45, 7) is 5.74. The zero-order valence-electron chi connectivity index (χ0n) is 13.8. The third kappa shape index (κ3) is 4.66. The Morgan fingerprint density at radius 3 is 2.59 bits per heavy atom. The molecule has 0 fully saturated rings. The standard InChI is InChI=1S/C17H26N4O/c1-13-5-7-14(8-6-13)16-15(10-19-20-16)9-18-11-17(2,22)12-21(3)4/h5-8,10,18,22H,9,11-12H2,1-4H3,(H,19,20). The number of aliphatic hydroxyl groups is 1. The van der Waals surface area contributed by atoms with Gasteiger partial charge in [0.2, 0.25) is 0 Å². The maximum Gasteiger partial charge on any atom is 0.0869 e. The molecule has 1 heterocycles. The molecule has 0 aliphatic rings. The average molecular weight is 302 g/mol. The minimum Gasteiger partial charge on any atom is -0.388 e. The molecule has 3 N–H and O–H groups in total. The van der Waals surface area contributed by atoms with Crippen molar-refractivity contribution in [3.63, 3.8) is 0 Å². The van der Waals surface area contributed by atoms with Crippen LogP contribution in [0.2, 0.25) is 0 Å². The number of nitrogens with one attached hydrogen (secondary N) is 2. The molecule has 0 saturated carbocycles. The summed E-state index contributed by atoms with van der Waals surface area (Å²) in [4.78, 5) is 1.98. The maximum absolute atomic E-state index is 10.3. The highest BCUT2D eigenvalue weighted by Crippen LogP contribution is 2.21. The van der Waals surface area contributed by atoms with Gasteiger partial charge in [-0.2, -0.15) is 5.10 Å². The summed E-state index contributed by atoms with van der Waals surface area (Å²) in [6.07, 6.45) is 1.84. The van der Waals surface area contributed by atoms with Gasteiger partial charge in [0, 0.05) is 25.2 Å². The first-order valence-corrected chi connectivity index (χ1v) is 7.54. The van der Waals surface area contributed by atoms with Gasteiger partial charge in [0.1, 0.15) is 0 Å². The van der Waals surface area contributed by atoms with Crippen molar-refractivity contribution in [2.24, 2.45) is 0 Å². The lowest BCUT2D eigenvalue weighted by molar-refractivity contribution is 0.0336. The van der Waals surface area contributed by atoms with Gasteiger partial charge in [-0.05, 0) is 33.5 Å². The average Bonchev–Trinajstić information content (AvgIpc) is 2.86. The number of aromatic nitrogens is 2. The summed E-state index contributed by atoms with van der Waals surface area (Å²) < 4.78 is 0. The number of likely N-dealkylation sites (N-methyl/N-ethyl adjacent to an activating group) is 1. The van der Waals surface area contributed by atoms with Gasteiger partial charge in [-0.1, -0.05) is 29.8 Å². The Kier molecular flexibility index (Phi) is 5.34. The van der Waals surface area contributed by atoms with Gasteiger partial charge in [-0.15, -0.1) is 0 Å². The second kappa shape index (κ2) is 7.05. The lowest BCUT2D eigenvalue weighted by Crippen LogP contribution is -2.45. The largest absolute Gasteiger partial charge is 0.388 e. The van der Waals surface area contributed by atoms with Crippen LogP contribution in [0.4, 0.5) is 0 Å². The summed E-state index contributed by atoms with van der Waals surface area (Å²) >= 11 is 0. The summed E-state index contributed by atoms with van der Waals surface area (Å²) in [7, 11) is 3.92. The number of aryl methyl sites for hydroxylation is 1. The van der Waals surface area contributed by atoms with E-state index in [4.69, 9.17) is 0 Å². The molecule has 5 heteroatoms. The lowest BCUT2D eigenvalue weighted by atomic mass is 10.1. The number of rotatable bonds is 7. The number of hydrogen-bond donors (Lipinski definition) is 3. The third-order valence-corrected chi connectivity index (χ3v) is 3.54. The minimum atomic E-state index is -0.753. The van der Waals surface area contributed by atoms with Gasteiger partial charge in [0.15, 0.2) is 0 Å². The second-order valence-electron chi connectivity index (χ2n) is 6.47. The molecule has 0 radical (unpaired) electrons. The zero-order valence-corrected chi connectivity index (χ0v) is 13.8. The summed E-state index contributed by atoms with van der Waals surface area (Å²) in [5.41, 5.74) is 3.74.